The Kier molecular flexibility index (Phi) is 7.19. The van der Waals surface area contributed by atoms with Crippen molar-refractivity contribution in [1.29, 1.82) is 0 Å². The molecule has 0 radical (unpaired) electrons. The van der Waals surface area contributed by atoms with Crippen LogP contribution >= 0.6 is 11.6 Å². The zero-order valence-electron chi connectivity index (χ0n) is 12.6. The first kappa shape index (κ1) is 17.5. The maximum atomic E-state index is 11.9. The van der Waals surface area contributed by atoms with Crippen LogP contribution in [0.2, 0.25) is 5.02 Å². The average molecular weight is 312 g/mol. The van der Waals surface area contributed by atoms with Gasteiger partial charge in [0.25, 0.3) is 0 Å². The zero-order valence-corrected chi connectivity index (χ0v) is 13.4. The van der Waals surface area contributed by atoms with E-state index >= 15 is 0 Å². The number of benzene rings is 1. The van der Waals surface area contributed by atoms with Gasteiger partial charge < -0.3 is 10.6 Å². The first-order valence-electron chi connectivity index (χ1n) is 6.94. The van der Waals surface area contributed by atoms with Gasteiger partial charge in [-0.3, -0.25) is 14.5 Å². The molecule has 1 rings (SSSR count). The molecule has 2 amide bonds. The standard InChI is InChI=1S/C15H22ClN3O2/c1-4-11(2)17-14(20)9-19(3)10-15(21)18-13-7-5-12(16)6-8-13/h5-8,11H,4,9-10H2,1-3H3,(H,17,20)(H,18,21)/t11-/m1/s1. The molecule has 2 N–H and O–H groups in total. The molecule has 0 saturated carbocycles. The van der Waals surface area contributed by atoms with E-state index < -0.39 is 0 Å². The maximum Gasteiger partial charge on any atom is 0.238 e. The predicted octanol–water partition coefficient (Wildman–Crippen LogP) is 2.12. The van der Waals surface area contributed by atoms with E-state index in [9.17, 15) is 9.59 Å². The van der Waals surface area contributed by atoms with E-state index in [1.807, 2.05) is 13.8 Å². The average Bonchev–Trinajstić information content (AvgIpc) is 2.40. The first-order valence-corrected chi connectivity index (χ1v) is 7.31. The Bertz CT molecular complexity index is 476. The Balaban J connectivity index is 2.36. The second-order valence-corrected chi connectivity index (χ2v) is 5.54. The van der Waals surface area contributed by atoms with Gasteiger partial charge in [-0.25, -0.2) is 0 Å². The number of carbonyl (C=O) groups is 2. The molecule has 5 nitrogen and oxygen atoms in total. The van der Waals surface area contributed by atoms with Gasteiger partial charge in [-0.15, -0.1) is 0 Å². The molecule has 116 valence electrons. The number of carbonyl (C=O) groups excluding carboxylic acids is 2. The number of amides is 2. The smallest absolute Gasteiger partial charge is 0.238 e. The third kappa shape index (κ3) is 7.11. The highest BCUT2D eigenvalue weighted by molar-refractivity contribution is 6.30. The molecule has 21 heavy (non-hydrogen) atoms. The van der Waals surface area contributed by atoms with E-state index in [1.54, 1.807) is 36.2 Å². The minimum atomic E-state index is -0.170. The quantitative estimate of drug-likeness (QED) is 0.811. The van der Waals surface area contributed by atoms with Gasteiger partial charge in [-0.05, 0) is 44.7 Å². The molecule has 0 spiro atoms. The van der Waals surface area contributed by atoms with Gasteiger partial charge in [-0.2, -0.15) is 0 Å². The fraction of sp³-hybridized carbons (Fsp3) is 0.467. The van der Waals surface area contributed by atoms with Crippen LogP contribution in [-0.2, 0) is 9.59 Å². The van der Waals surface area contributed by atoms with Crippen LogP contribution in [0.15, 0.2) is 24.3 Å². The fourth-order valence-electron chi connectivity index (χ4n) is 1.70. The summed E-state index contributed by atoms with van der Waals surface area (Å²) in [6.45, 7) is 4.30. The van der Waals surface area contributed by atoms with Crippen LogP contribution in [0, 0.1) is 0 Å². The number of hydrogen-bond donors (Lipinski definition) is 2. The van der Waals surface area contributed by atoms with Crippen molar-refractivity contribution in [2.45, 2.75) is 26.3 Å². The molecule has 0 fully saturated rings. The molecule has 1 atom stereocenters. The van der Waals surface area contributed by atoms with Crippen molar-refractivity contribution in [3.8, 4) is 0 Å². The summed E-state index contributed by atoms with van der Waals surface area (Å²) in [5.74, 6) is -0.248. The minimum Gasteiger partial charge on any atom is -0.353 e. The lowest BCUT2D eigenvalue weighted by atomic mass is 10.2. The van der Waals surface area contributed by atoms with Crippen LogP contribution < -0.4 is 10.6 Å². The topological polar surface area (TPSA) is 61.4 Å². The monoisotopic (exact) mass is 311 g/mol. The largest absolute Gasteiger partial charge is 0.353 e. The lowest BCUT2D eigenvalue weighted by Gasteiger charge is -2.18. The molecule has 0 aliphatic rings. The predicted molar refractivity (Wildman–Crippen MR) is 85.5 cm³/mol. The zero-order chi connectivity index (χ0) is 15.8. The molecule has 0 unspecified atom stereocenters. The molecule has 1 aromatic rings. The minimum absolute atomic E-state index is 0.0776. The normalized spacial score (nSPS) is 12.0. The lowest BCUT2D eigenvalue weighted by Crippen LogP contribution is -2.41. The molecule has 0 aliphatic heterocycles. The Morgan fingerprint density at radius 1 is 1.19 bits per heavy atom. The van der Waals surface area contributed by atoms with Gasteiger partial charge in [0.2, 0.25) is 11.8 Å². The number of rotatable bonds is 7. The summed E-state index contributed by atoms with van der Waals surface area (Å²) in [7, 11) is 1.73. The Morgan fingerprint density at radius 2 is 1.76 bits per heavy atom. The van der Waals surface area contributed by atoms with Gasteiger partial charge in [0.1, 0.15) is 0 Å². The number of hydrogen-bond acceptors (Lipinski definition) is 3. The van der Waals surface area contributed by atoms with Gasteiger partial charge in [0, 0.05) is 16.8 Å². The molecule has 0 heterocycles. The molecule has 0 aromatic heterocycles. The molecular weight excluding hydrogens is 290 g/mol. The number of anilines is 1. The summed E-state index contributed by atoms with van der Waals surface area (Å²) in [4.78, 5) is 25.2. The van der Waals surface area contributed by atoms with E-state index in [2.05, 4.69) is 10.6 Å². The van der Waals surface area contributed by atoms with Crippen molar-refractivity contribution < 1.29 is 9.59 Å². The molecule has 1 aromatic carbocycles. The van der Waals surface area contributed by atoms with Gasteiger partial charge in [-0.1, -0.05) is 18.5 Å². The summed E-state index contributed by atoms with van der Waals surface area (Å²) in [5.41, 5.74) is 0.682. The van der Waals surface area contributed by atoms with Crippen LogP contribution in [0.5, 0.6) is 0 Å². The van der Waals surface area contributed by atoms with Crippen LogP contribution in [0.3, 0.4) is 0 Å². The van der Waals surface area contributed by atoms with E-state index in [-0.39, 0.29) is 30.9 Å². The summed E-state index contributed by atoms with van der Waals surface area (Å²) in [6, 6.07) is 7.03. The highest BCUT2D eigenvalue weighted by atomic mass is 35.5. The lowest BCUT2D eigenvalue weighted by molar-refractivity contribution is -0.123. The van der Waals surface area contributed by atoms with Gasteiger partial charge in [0.15, 0.2) is 0 Å². The Hall–Kier alpha value is -1.59. The van der Waals surface area contributed by atoms with Crippen molar-refractivity contribution in [3.05, 3.63) is 29.3 Å². The molecule has 0 bridgehead atoms. The highest BCUT2D eigenvalue weighted by Crippen LogP contribution is 2.13. The first-order chi connectivity index (χ1) is 9.90. The third-order valence-corrected chi connectivity index (χ3v) is 3.23. The second kappa shape index (κ2) is 8.64. The van der Waals surface area contributed by atoms with E-state index in [0.29, 0.717) is 10.7 Å². The number of likely N-dealkylation sites (N-methyl/N-ethyl adjacent to an activating group) is 1. The summed E-state index contributed by atoms with van der Waals surface area (Å²) >= 11 is 5.78. The highest BCUT2D eigenvalue weighted by Gasteiger charge is 2.12. The summed E-state index contributed by atoms with van der Waals surface area (Å²) < 4.78 is 0. The van der Waals surface area contributed by atoms with Crippen LogP contribution in [-0.4, -0.2) is 42.9 Å². The number of nitrogens with zero attached hydrogens (tertiary/aromatic N) is 1. The van der Waals surface area contributed by atoms with E-state index in [4.69, 9.17) is 11.6 Å². The van der Waals surface area contributed by atoms with Gasteiger partial charge in [0.05, 0.1) is 13.1 Å². The fourth-order valence-corrected chi connectivity index (χ4v) is 1.83. The summed E-state index contributed by atoms with van der Waals surface area (Å²) in [6.07, 6.45) is 0.881. The second-order valence-electron chi connectivity index (χ2n) is 5.10. The molecular formula is C15H22ClN3O2. The molecule has 0 saturated heterocycles. The molecule has 0 aliphatic carbocycles. The van der Waals surface area contributed by atoms with Crippen molar-refractivity contribution in [2.75, 3.05) is 25.5 Å². The van der Waals surface area contributed by atoms with E-state index in [1.165, 1.54) is 0 Å². The van der Waals surface area contributed by atoms with Crippen molar-refractivity contribution in [1.82, 2.24) is 10.2 Å². The van der Waals surface area contributed by atoms with Crippen molar-refractivity contribution in [3.63, 3.8) is 0 Å². The van der Waals surface area contributed by atoms with Crippen LogP contribution in [0.25, 0.3) is 0 Å². The third-order valence-electron chi connectivity index (χ3n) is 2.97. The van der Waals surface area contributed by atoms with Crippen LogP contribution in [0.1, 0.15) is 20.3 Å². The number of nitrogens with one attached hydrogen (secondary N) is 2. The Morgan fingerprint density at radius 3 is 2.33 bits per heavy atom. The SMILES string of the molecule is CC[C@@H](C)NC(=O)CN(C)CC(=O)Nc1ccc(Cl)cc1. The van der Waals surface area contributed by atoms with E-state index in [0.717, 1.165) is 6.42 Å². The Labute approximate surface area is 130 Å². The maximum absolute atomic E-state index is 11.9. The van der Waals surface area contributed by atoms with Crippen molar-refractivity contribution in [2.24, 2.45) is 0 Å². The van der Waals surface area contributed by atoms with Crippen LogP contribution in [0.4, 0.5) is 5.69 Å². The van der Waals surface area contributed by atoms with Gasteiger partial charge >= 0.3 is 0 Å². The van der Waals surface area contributed by atoms with Crippen molar-refractivity contribution >= 4 is 29.1 Å². The number of halogens is 1. The summed E-state index contributed by atoms with van der Waals surface area (Å²) in [5, 5.41) is 6.23. The molecule has 6 heteroatoms.